The maximum absolute atomic E-state index is 2.60. The second-order valence-corrected chi connectivity index (χ2v) is 15.8. The average Bonchev–Trinajstić information content (AvgIpc) is 3.67. The second kappa shape index (κ2) is 7.89. The topological polar surface area (TPSA) is 9.86 Å². The van der Waals surface area contributed by atoms with Crippen LogP contribution in [0.25, 0.3) is 66.1 Å². The lowest BCUT2D eigenvalue weighted by atomic mass is 9.72. The largest absolute Gasteiger partial charge is 0.309 e. The van der Waals surface area contributed by atoms with Gasteiger partial charge in [0.1, 0.15) is 0 Å². The second-order valence-electron chi connectivity index (χ2n) is 15.8. The molecule has 4 heterocycles. The fourth-order valence-corrected chi connectivity index (χ4v) is 10.3. The third kappa shape index (κ3) is 2.72. The molecule has 0 atom stereocenters. The summed E-state index contributed by atoms with van der Waals surface area (Å²) in [6.45, 7) is 14.7. The van der Waals surface area contributed by atoms with Crippen LogP contribution in [0.5, 0.6) is 0 Å². The lowest BCUT2D eigenvalue weighted by molar-refractivity contribution is 0.627. The van der Waals surface area contributed by atoms with Gasteiger partial charge in [-0.2, -0.15) is 0 Å². The quantitative estimate of drug-likeness (QED) is 0.163. The standard InChI is InChI=1S/C45H36N2/c1-43(2)29-17-9-13-21-35(29)46-33-19-11-7-15-25(33)37-39-27(23-31(43)41(37)46)28-24-32-42-38(40(28)45(39,5)6)26-16-8-12-20-34(26)47(42)36-22-14-10-18-30(36)44(32,3)4/h7-24H,1-6H3. The summed E-state index contributed by atoms with van der Waals surface area (Å²) in [5.74, 6) is 0. The molecular weight excluding hydrogens is 569 g/mol. The molecule has 0 saturated heterocycles. The molecule has 11 rings (SSSR count). The molecule has 2 heteroatoms. The van der Waals surface area contributed by atoms with E-state index in [2.05, 4.69) is 160 Å². The number of nitrogens with zero attached hydrogens (tertiary/aromatic N) is 2. The lowest BCUT2D eigenvalue weighted by Crippen LogP contribution is -2.27. The number of para-hydroxylation sites is 4. The van der Waals surface area contributed by atoms with Crippen molar-refractivity contribution in [2.24, 2.45) is 0 Å². The van der Waals surface area contributed by atoms with Gasteiger partial charge < -0.3 is 9.13 Å². The highest BCUT2D eigenvalue weighted by atomic mass is 15.0. The minimum absolute atomic E-state index is 0.145. The first-order chi connectivity index (χ1) is 22.6. The van der Waals surface area contributed by atoms with Crippen LogP contribution in [0.15, 0.2) is 109 Å². The van der Waals surface area contributed by atoms with Gasteiger partial charge in [0.05, 0.1) is 33.4 Å². The molecule has 3 aliphatic rings. The summed E-state index contributed by atoms with van der Waals surface area (Å²) in [4.78, 5) is 0. The van der Waals surface area contributed by atoms with E-state index in [1.807, 2.05) is 0 Å². The van der Waals surface area contributed by atoms with Crippen molar-refractivity contribution in [1.29, 1.82) is 0 Å². The Labute approximate surface area is 274 Å². The van der Waals surface area contributed by atoms with Gasteiger partial charge in [-0.1, -0.05) is 114 Å². The van der Waals surface area contributed by atoms with E-state index < -0.39 is 0 Å². The molecule has 0 saturated carbocycles. The van der Waals surface area contributed by atoms with Gasteiger partial charge in [0.2, 0.25) is 0 Å². The molecule has 0 bridgehead atoms. The van der Waals surface area contributed by atoms with Crippen molar-refractivity contribution < 1.29 is 0 Å². The molecule has 47 heavy (non-hydrogen) atoms. The number of fused-ring (bicyclic) bond motifs is 15. The molecule has 226 valence electrons. The minimum Gasteiger partial charge on any atom is -0.309 e. The molecule has 0 spiro atoms. The Hall–Kier alpha value is -5.08. The minimum atomic E-state index is -0.214. The van der Waals surface area contributed by atoms with Gasteiger partial charge in [-0.05, 0) is 80.9 Å². The van der Waals surface area contributed by atoms with Crippen LogP contribution in [0.2, 0.25) is 0 Å². The van der Waals surface area contributed by atoms with Gasteiger partial charge in [0.25, 0.3) is 0 Å². The zero-order valence-corrected chi connectivity index (χ0v) is 27.8. The SMILES string of the molecule is CC1(C)c2c(cc3c4c2c2ccccc2n4-c2ccccc2C3(C)C)-c2cc3c4c(c21)c1ccccc1n4-c1ccccc1C3(C)C. The molecule has 1 aliphatic carbocycles. The van der Waals surface area contributed by atoms with Gasteiger partial charge in [-0.3, -0.25) is 0 Å². The molecular formula is C45H36N2. The number of benzene rings is 6. The third-order valence-electron chi connectivity index (χ3n) is 12.4. The summed E-state index contributed by atoms with van der Waals surface area (Å²) >= 11 is 0. The van der Waals surface area contributed by atoms with E-state index in [4.69, 9.17) is 0 Å². The Morgan fingerprint density at radius 2 is 0.787 bits per heavy atom. The number of aromatic nitrogens is 2. The lowest BCUT2D eigenvalue weighted by Gasteiger charge is -2.36. The zero-order chi connectivity index (χ0) is 31.8. The van der Waals surface area contributed by atoms with E-state index in [1.165, 1.54) is 99.5 Å². The predicted octanol–water partition coefficient (Wildman–Crippen LogP) is 11.5. The normalized spacial score (nSPS) is 17.2. The maximum Gasteiger partial charge on any atom is 0.0585 e. The Balaban J connectivity index is 1.39. The van der Waals surface area contributed by atoms with Crippen molar-refractivity contribution >= 4 is 43.6 Å². The van der Waals surface area contributed by atoms with Crippen LogP contribution in [0.3, 0.4) is 0 Å². The molecule has 6 aromatic carbocycles. The Morgan fingerprint density at radius 3 is 1.23 bits per heavy atom. The zero-order valence-electron chi connectivity index (χ0n) is 27.8. The Bertz CT molecular complexity index is 2570. The Kier molecular flexibility index (Phi) is 4.37. The van der Waals surface area contributed by atoms with Crippen molar-refractivity contribution in [2.45, 2.75) is 57.8 Å². The maximum atomic E-state index is 2.60. The van der Waals surface area contributed by atoms with Crippen LogP contribution in [0.1, 0.15) is 74.9 Å². The molecule has 2 aliphatic heterocycles. The van der Waals surface area contributed by atoms with E-state index >= 15 is 0 Å². The summed E-state index contributed by atoms with van der Waals surface area (Å²) in [6, 6.07) is 41.5. The number of hydrogen-bond acceptors (Lipinski definition) is 0. The fraction of sp³-hybridized carbons (Fsp3) is 0.200. The van der Waals surface area contributed by atoms with Crippen LogP contribution in [0, 0.1) is 0 Å². The van der Waals surface area contributed by atoms with Gasteiger partial charge in [0.15, 0.2) is 0 Å². The molecule has 8 aromatic rings. The fourth-order valence-electron chi connectivity index (χ4n) is 10.3. The molecule has 0 unspecified atom stereocenters. The summed E-state index contributed by atoms with van der Waals surface area (Å²) in [5.41, 5.74) is 18.8. The Morgan fingerprint density at radius 1 is 0.404 bits per heavy atom. The molecule has 0 N–H and O–H groups in total. The van der Waals surface area contributed by atoms with Crippen molar-refractivity contribution in [3.05, 3.63) is 143 Å². The van der Waals surface area contributed by atoms with Crippen molar-refractivity contribution in [3.63, 3.8) is 0 Å². The van der Waals surface area contributed by atoms with Gasteiger partial charge in [-0.25, -0.2) is 0 Å². The first kappa shape index (κ1) is 26.0. The first-order valence-electron chi connectivity index (χ1n) is 17.1. The molecule has 2 aromatic heterocycles. The van der Waals surface area contributed by atoms with Gasteiger partial charge in [0, 0.05) is 37.8 Å². The van der Waals surface area contributed by atoms with E-state index in [-0.39, 0.29) is 16.2 Å². The summed E-state index contributed by atoms with van der Waals surface area (Å²) < 4.78 is 5.14. The predicted molar refractivity (Wildman–Crippen MR) is 197 cm³/mol. The van der Waals surface area contributed by atoms with Crippen LogP contribution in [-0.4, -0.2) is 9.13 Å². The first-order valence-corrected chi connectivity index (χ1v) is 17.1. The average molecular weight is 605 g/mol. The van der Waals surface area contributed by atoms with E-state index in [0.29, 0.717) is 0 Å². The molecule has 0 radical (unpaired) electrons. The summed E-state index contributed by atoms with van der Waals surface area (Å²) in [7, 11) is 0. The van der Waals surface area contributed by atoms with Crippen LogP contribution >= 0.6 is 0 Å². The van der Waals surface area contributed by atoms with Crippen LogP contribution in [0.4, 0.5) is 0 Å². The van der Waals surface area contributed by atoms with Crippen LogP contribution < -0.4 is 0 Å². The van der Waals surface area contributed by atoms with E-state index in [1.54, 1.807) is 0 Å². The van der Waals surface area contributed by atoms with Gasteiger partial charge in [-0.15, -0.1) is 0 Å². The van der Waals surface area contributed by atoms with Gasteiger partial charge >= 0.3 is 0 Å². The highest BCUT2D eigenvalue weighted by Crippen LogP contribution is 2.61. The highest BCUT2D eigenvalue weighted by Gasteiger charge is 2.46. The third-order valence-corrected chi connectivity index (χ3v) is 12.4. The molecule has 0 fully saturated rings. The molecule has 2 nitrogen and oxygen atoms in total. The van der Waals surface area contributed by atoms with E-state index in [0.717, 1.165) is 0 Å². The van der Waals surface area contributed by atoms with Crippen molar-refractivity contribution in [2.75, 3.05) is 0 Å². The highest BCUT2D eigenvalue weighted by molar-refractivity contribution is 6.21. The number of rotatable bonds is 0. The summed E-state index contributed by atoms with van der Waals surface area (Å²) in [5, 5.41) is 5.55. The smallest absolute Gasteiger partial charge is 0.0585 e. The monoisotopic (exact) mass is 604 g/mol. The molecule has 0 amide bonds. The van der Waals surface area contributed by atoms with Crippen molar-refractivity contribution in [3.8, 4) is 22.5 Å². The van der Waals surface area contributed by atoms with E-state index in [9.17, 15) is 0 Å². The summed E-state index contributed by atoms with van der Waals surface area (Å²) in [6.07, 6.45) is 0. The number of hydrogen-bond donors (Lipinski definition) is 0. The van der Waals surface area contributed by atoms with Crippen LogP contribution in [-0.2, 0) is 16.2 Å². The van der Waals surface area contributed by atoms with Crippen molar-refractivity contribution in [1.82, 2.24) is 9.13 Å².